The van der Waals surface area contributed by atoms with Crippen LogP contribution in [0.4, 0.5) is 0 Å². The Hall–Kier alpha value is -0.760. The molecule has 2 nitrogen and oxygen atoms in total. The fourth-order valence-electron chi connectivity index (χ4n) is 2.30. The Bertz CT molecular complexity index is 249. The fourth-order valence-corrected chi connectivity index (χ4v) is 2.30. The van der Waals surface area contributed by atoms with Crippen molar-refractivity contribution in [2.24, 2.45) is 5.92 Å². The van der Waals surface area contributed by atoms with Crippen LogP contribution in [0, 0.1) is 5.92 Å². The quantitative estimate of drug-likeness (QED) is 0.795. The first kappa shape index (κ1) is 9.78. The summed E-state index contributed by atoms with van der Waals surface area (Å²) in [6.45, 7) is 3.24. The molecule has 0 spiro atoms. The maximum absolute atomic E-state index is 5.03. The van der Waals surface area contributed by atoms with E-state index < -0.39 is 0 Å². The molecule has 14 heavy (non-hydrogen) atoms. The molecule has 0 aliphatic heterocycles. The predicted octanol–water partition coefficient (Wildman–Crippen LogP) is 2.95. The maximum Gasteiger partial charge on any atom is 0.0947 e. The molecule has 0 aromatic carbocycles. The monoisotopic (exact) mass is 193 g/mol. The number of hydrogen-bond acceptors (Lipinski definition) is 2. The van der Waals surface area contributed by atoms with Gasteiger partial charge in [0.25, 0.3) is 0 Å². The van der Waals surface area contributed by atoms with E-state index in [2.05, 4.69) is 12.2 Å². The fraction of sp³-hybridized carbons (Fsp3) is 0.667. The Labute approximate surface area is 85.7 Å². The highest BCUT2D eigenvalue weighted by Crippen LogP contribution is 2.27. The van der Waals surface area contributed by atoms with E-state index >= 15 is 0 Å². The van der Waals surface area contributed by atoms with Crippen LogP contribution in [0.3, 0.4) is 0 Å². The normalized spacial score (nSPS) is 20.1. The van der Waals surface area contributed by atoms with Crippen molar-refractivity contribution >= 4 is 0 Å². The minimum Gasteiger partial charge on any atom is -0.472 e. The Morgan fingerprint density at radius 3 is 2.93 bits per heavy atom. The van der Waals surface area contributed by atoms with Gasteiger partial charge in [0.15, 0.2) is 0 Å². The van der Waals surface area contributed by atoms with Gasteiger partial charge < -0.3 is 9.73 Å². The maximum atomic E-state index is 5.03. The zero-order valence-corrected chi connectivity index (χ0v) is 8.83. The summed E-state index contributed by atoms with van der Waals surface area (Å²) in [4.78, 5) is 0. The predicted molar refractivity (Wildman–Crippen MR) is 57.0 cm³/mol. The van der Waals surface area contributed by atoms with Gasteiger partial charge >= 0.3 is 0 Å². The SMILES string of the molecule is C[C@H](NCc1ccoc1)C1CCCC1. The van der Waals surface area contributed by atoms with Gasteiger partial charge in [-0.15, -0.1) is 0 Å². The molecule has 1 saturated carbocycles. The summed E-state index contributed by atoms with van der Waals surface area (Å²) < 4.78 is 5.03. The Morgan fingerprint density at radius 2 is 2.29 bits per heavy atom. The van der Waals surface area contributed by atoms with Gasteiger partial charge in [-0.1, -0.05) is 12.8 Å². The number of furan rings is 1. The molecule has 2 rings (SSSR count). The number of nitrogens with one attached hydrogen (secondary N) is 1. The average Bonchev–Trinajstić information content (AvgIpc) is 2.87. The third-order valence-electron chi connectivity index (χ3n) is 3.32. The van der Waals surface area contributed by atoms with E-state index in [1.165, 1.54) is 31.2 Å². The summed E-state index contributed by atoms with van der Waals surface area (Å²) in [6.07, 6.45) is 9.19. The van der Waals surface area contributed by atoms with Gasteiger partial charge in [-0.05, 0) is 31.7 Å². The highest BCUT2D eigenvalue weighted by molar-refractivity contribution is 5.04. The van der Waals surface area contributed by atoms with E-state index in [1.807, 2.05) is 12.3 Å². The second kappa shape index (κ2) is 4.65. The molecule has 0 bridgehead atoms. The van der Waals surface area contributed by atoms with Gasteiger partial charge in [0.05, 0.1) is 12.5 Å². The lowest BCUT2D eigenvalue weighted by Gasteiger charge is -2.19. The summed E-state index contributed by atoms with van der Waals surface area (Å²) in [5.74, 6) is 0.891. The van der Waals surface area contributed by atoms with Crippen LogP contribution in [0.15, 0.2) is 23.0 Å². The minimum absolute atomic E-state index is 0.646. The van der Waals surface area contributed by atoms with Crippen molar-refractivity contribution in [1.82, 2.24) is 5.32 Å². The molecule has 1 N–H and O–H groups in total. The average molecular weight is 193 g/mol. The molecule has 1 heterocycles. The van der Waals surface area contributed by atoms with Crippen molar-refractivity contribution in [2.75, 3.05) is 0 Å². The molecular formula is C12H19NO. The Kier molecular flexibility index (Phi) is 3.25. The molecule has 1 aromatic heterocycles. The summed E-state index contributed by atoms with van der Waals surface area (Å²) in [5.41, 5.74) is 1.25. The molecule has 0 radical (unpaired) electrons. The summed E-state index contributed by atoms with van der Waals surface area (Å²) in [6, 6.07) is 2.67. The summed E-state index contributed by atoms with van der Waals surface area (Å²) in [5, 5.41) is 3.57. The third-order valence-corrected chi connectivity index (χ3v) is 3.32. The topological polar surface area (TPSA) is 25.2 Å². The van der Waals surface area contributed by atoms with Crippen LogP contribution < -0.4 is 5.32 Å². The van der Waals surface area contributed by atoms with Crippen molar-refractivity contribution in [3.05, 3.63) is 24.2 Å². The highest BCUT2D eigenvalue weighted by atomic mass is 16.3. The smallest absolute Gasteiger partial charge is 0.0947 e. The molecule has 1 aliphatic rings. The second-order valence-corrected chi connectivity index (χ2v) is 4.35. The molecule has 0 unspecified atom stereocenters. The summed E-state index contributed by atoms with van der Waals surface area (Å²) in [7, 11) is 0. The van der Waals surface area contributed by atoms with E-state index in [9.17, 15) is 0 Å². The van der Waals surface area contributed by atoms with Crippen molar-refractivity contribution in [2.45, 2.75) is 45.2 Å². The van der Waals surface area contributed by atoms with Gasteiger partial charge in [0, 0.05) is 18.2 Å². The first-order valence-electron chi connectivity index (χ1n) is 5.61. The lowest BCUT2D eigenvalue weighted by Crippen LogP contribution is -2.31. The van der Waals surface area contributed by atoms with Crippen molar-refractivity contribution in [3.63, 3.8) is 0 Å². The van der Waals surface area contributed by atoms with Crippen LogP contribution >= 0.6 is 0 Å². The first-order chi connectivity index (χ1) is 6.86. The van der Waals surface area contributed by atoms with E-state index in [4.69, 9.17) is 4.42 Å². The van der Waals surface area contributed by atoms with Gasteiger partial charge in [-0.2, -0.15) is 0 Å². The zero-order chi connectivity index (χ0) is 9.80. The molecule has 1 atom stereocenters. The minimum atomic E-state index is 0.646. The van der Waals surface area contributed by atoms with Gasteiger partial charge in [-0.3, -0.25) is 0 Å². The largest absolute Gasteiger partial charge is 0.472 e. The van der Waals surface area contributed by atoms with Crippen LogP contribution in [0.5, 0.6) is 0 Å². The van der Waals surface area contributed by atoms with E-state index in [0.717, 1.165) is 12.5 Å². The number of hydrogen-bond donors (Lipinski definition) is 1. The van der Waals surface area contributed by atoms with Crippen molar-refractivity contribution in [1.29, 1.82) is 0 Å². The zero-order valence-electron chi connectivity index (χ0n) is 8.83. The lowest BCUT2D eigenvalue weighted by molar-refractivity contribution is 0.380. The Balaban J connectivity index is 1.74. The van der Waals surface area contributed by atoms with E-state index in [0.29, 0.717) is 6.04 Å². The molecule has 1 fully saturated rings. The van der Waals surface area contributed by atoms with Crippen LogP contribution in [0.25, 0.3) is 0 Å². The number of rotatable bonds is 4. The van der Waals surface area contributed by atoms with Gasteiger partial charge in [0.2, 0.25) is 0 Å². The molecule has 1 aromatic rings. The molecule has 78 valence electrons. The van der Waals surface area contributed by atoms with Crippen molar-refractivity contribution in [3.8, 4) is 0 Å². The second-order valence-electron chi connectivity index (χ2n) is 4.35. The van der Waals surface area contributed by atoms with Crippen LogP contribution in [0.2, 0.25) is 0 Å². The van der Waals surface area contributed by atoms with E-state index in [-0.39, 0.29) is 0 Å². The molecule has 0 amide bonds. The molecule has 1 aliphatic carbocycles. The van der Waals surface area contributed by atoms with Gasteiger partial charge in [-0.25, -0.2) is 0 Å². The standard InChI is InChI=1S/C12H19NO/c1-10(12-4-2-3-5-12)13-8-11-6-7-14-9-11/h6-7,9-10,12-13H,2-5,8H2,1H3/t10-/m0/s1. The van der Waals surface area contributed by atoms with Gasteiger partial charge in [0.1, 0.15) is 0 Å². The lowest BCUT2D eigenvalue weighted by atomic mass is 10.00. The highest BCUT2D eigenvalue weighted by Gasteiger charge is 2.20. The van der Waals surface area contributed by atoms with Crippen LogP contribution in [-0.2, 0) is 6.54 Å². The molecule has 2 heteroatoms. The molecule has 0 saturated heterocycles. The van der Waals surface area contributed by atoms with E-state index in [1.54, 1.807) is 6.26 Å². The summed E-state index contributed by atoms with van der Waals surface area (Å²) >= 11 is 0. The molecular weight excluding hydrogens is 174 g/mol. The van der Waals surface area contributed by atoms with Crippen LogP contribution in [-0.4, -0.2) is 6.04 Å². The van der Waals surface area contributed by atoms with Crippen LogP contribution in [0.1, 0.15) is 38.2 Å². The Morgan fingerprint density at radius 1 is 1.50 bits per heavy atom. The van der Waals surface area contributed by atoms with Crippen molar-refractivity contribution < 1.29 is 4.42 Å². The third kappa shape index (κ3) is 2.38. The first-order valence-corrected chi connectivity index (χ1v) is 5.61.